The van der Waals surface area contributed by atoms with Gasteiger partial charge in [-0.1, -0.05) is 0 Å². The summed E-state index contributed by atoms with van der Waals surface area (Å²) in [5, 5.41) is 10.8. The van der Waals surface area contributed by atoms with E-state index >= 15 is 0 Å². The molecule has 1 aromatic heterocycles. The second kappa shape index (κ2) is 5.22. The highest BCUT2D eigenvalue weighted by atomic mass is 79.9. The molecule has 0 amide bonds. The van der Waals surface area contributed by atoms with Crippen LogP contribution in [0.3, 0.4) is 0 Å². The molecule has 0 N–H and O–H groups in total. The Morgan fingerprint density at radius 2 is 2.12 bits per heavy atom. The molecule has 16 heavy (non-hydrogen) atoms. The Hall–Kier alpha value is -1.21. The predicted molar refractivity (Wildman–Crippen MR) is 60.6 cm³/mol. The first-order valence-corrected chi connectivity index (χ1v) is 5.18. The zero-order valence-electron chi connectivity index (χ0n) is 9.11. The molecule has 0 saturated heterocycles. The molecule has 1 rings (SSSR count). The summed E-state index contributed by atoms with van der Waals surface area (Å²) in [6.07, 6.45) is 0. The zero-order valence-corrected chi connectivity index (χ0v) is 10.7. The van der Waals surface area contributed by atoms with Gasteiger partial charge in [0.25, 0.3) is 5.88 Å². The second-order valence-corrected chi connectivity index (χ2v) is 3.84. The van der Waals surface area contributed by atoms with Crippen LogP contribution in [-0.4, -0.2) is 24.1 Å². The Morgan fingerprint density at radius 1 is 1.50 bits per heavy atom. The van der Waals surface area contributed by atoms with Crippen molar-refractivity contribution in [3.63, 3.8) is 0 Å². The quantitative estimate of drug-likeness (QED) is 0.628. The van der Waals surface area contributed by atoms with Crippen molar-refractivity contribution in [3.05, 3.63) is 25.8 Å². The van der Waals surface area contributed by atoms with Crippen LogP contribution in [0.4, 0.5) is 5.69 Å². The molecule has 0 aliphatic heterocycles. The van der Waals surface area contributed by atoms with E-state index in [-0.39, 0.29) is 18.2 Å². The van der Waals surface area contributed by atoms with E-state index in [0.717, 1.165) is 0 Å². The number of pyridine rings is 1. The van der Waals surface area contributed by atoms with E-state index in [0.29, 0.717) is 15.7 Å². The molecule has 0 aromatic carbocycles. The van der Waals surface area contributed by atoms with Gasteiger partial charge in [0.2, 0.25) is 0 Å². The zero-order chi connectivity index (χ0) is 12.3. The maximum Gasteiger partial charge on any atom is 0.345 e. The summed E-state index contributed by atoms with van der Waals surface area (Å²) in [7, 11) is 2.87. The minimum absolute atomic E-state index is 0.0190. The van der Waals surface area contributed by atoms with E-state index in [1.54, 1.807) is 6.92 Å². The first kappa shape index (κ1) is 12.9. The van der Waals surface area contributed by atoms with Gasteiger partial charge in [0.1, 0.15) is 4.47 Å². The van der Waals surface area contributed by atoms with Crippen molar-refractivity contribution in [1.82, 2.24) is 4.98 Å². The molecule has 0 bridgehead atoms. The molecule has 88 valence electrons. The van der Waals surface area contributed by atoms with Gasteiger partial charge in [-0.2, -0.15) is 0 Å². The van der Waals surface area contributed by atoms with Gasteiger partial charge in [-0.15, -0.1) is 0 Å². The Labute approximate surface area is 101 Å². The third kappa shape index (κ3) is 2.30. The number of aromatic nitrogens is 1. The fourth-order valence-electron chi connectivity index (χ4n) is 1.24. The fourth-order valence-corrected chi connectivity index (χ4v) is 1.78. The summed E-state index contributed by atoms with van der Waals surface area (Å²) >= 11 is 3.18. The Bertz CT molecular complexity index is 422. The molecule has 0 atom stereocenters. The van der Waals surface area contributed by atoms with Crippen molar-refractivity contribution >= 4 is 21.6 Å². The van der Waals surface area contributed by atoms with Crippen molar-refractivity contribution in [2.45, 2.75) is 13.5 Å². The molecule has 0 unspecified atom stereocenters. The maximum atomic E-state index is 10.8. The van der Waals surface area contributed by atoms with Gasteiger partial charge < -0.3 is 9.47 Å². The number of hydrogen-bond donors (Lipinski definition) is 0. The van der Waals surface area contributed by atoms with E-state index in [1.165, 1.54) is 14.2 Å². The monoisotopic (exact) mass is 290 g/mol. The molecule has 0 aliphatic carbocycles. The summed E-state index contributed by atoms with van der Waals surface area (Å²) in [6, 6.07) is 0. The van der Waals surface area contributed by atoms with Crippen LogP contribution in [0.2, 0.25) is 0 Å². The topological polar surface area (TPSA) is 74.5 Å². The smallest absolute Gasteiger partial charge is 0.345 e. The van der Waals surface area contributed by atoms with Crippen LogP contribution in [0.5, 0.6) is 5.88 Å². The highest BCUT2D eigenvalue weighted by molar-refractivity contribution is 9.10. The van der Waals surface area contributed by atoms with Crippen LogP contribution in [0.15, 0.2) is 4.47 Å². The average Bonchev–Trinajstić information content (AvgIpc) is 2.24. The molecule has 1 heterocycles. The van der Waals surface area contributed by atoms with E-state index < -0.39 is 4.92 Å². The van der Waals surface area contributed by atoms with Crippen LogP contribution in [-0.2, 0) is 11.3 Å². The van der Waals surface area contributed by atoms with E-state index in [4.69, 9.17) is 9.47 Å². The van der Waals surface area contributed by atoms with E-state index in [9.17, 15) is 10.1 Å². The number of nitro groups is 1. The predicted octanol–water partition coefficient (Wildman–Crippen LogP) is 2.22. The van der Waals surface area contributed by atoms with Crippen LogP contribution in [0, 0.1) is 17.0 Å². The molecular formula is C9H11BrN2O4. The van der Waals surface area contributed by atoms with Gasteiger partial charge in [0, 0.05) is 7.11 Å². The highest BCUT2D eigenvalue weighted by Gasteiger charge is 2.25. The van der Waals surface area contributed by atoms with Gasteiger partial charge in [0.15, 0.2) is 0 Å². The summed E-state index contributed by atoms with van der Waals surface area (Å²) in [4.78, 5) is 14.4. The number of ether oxygens (including phenoxy) is 2. The third-order valence-corrected chi connectivity index (χ3v) is 3.04. The molecule has 6 nitrogen and oxygen atoms in total. The second-order valence-electron chi connectivity index (χ2n) is 3.05. The Balaban J connectivity index is 3.42. The SMILES string of the molecule is COCc1nc(OC)c([N+](=O)[O-])c(Br)c1C. The summed E-state index contributed by atoms with van der Waals surface area (Å²) < 4.78 is 10.2. The minimum Gasteiger partial charge on any atom is -0.476 e. The van der Waals surface area contributed by atoms with Crippen LogP contribution in [0.25, 0.3) is 0 Å². The molecule has 0 radical (unpaired) electrons. The molecule has 0 fully saturated rings. The molecule has 7 heteroatoms. The first-order chi connectivity index (χ1) is 7.52. The van der Waals surface area contributed by atoms with Crippen LogP contribution < -0.4 is 4.74 Å². The summed E-state index contributed by atoms with van der Waals surface area (Å²) in [6.45, 7) is 2.01. The molecule has 0 aliphatic rings. The lowest BCUT2D eigenvalue weighted by Gasteiger charge is -2.09. The van der Waals surface area contributed by atoms with Crippen molar-refractivity contribution in [2.24, 2.45) is 0 Å². The lowest BCUT2D eigenvalue weighted by atomic mass is 10.2. The van der Waals surface area contributed by atoms with Crippen molar-refractivity contribution in [1.29, 1.82) is 0 Å². The fraction of sp³-hybridized carbons (Fsp3) is 0.444. The minimum atomic E-state index is -0.528. The number of methoxy groups -OCH3 is 2. The molecule has 1 aromatic rings. The van der Waals surface area contributed by atoms with Crippen molar-refractivity contribution < 1.29 is 14.4 Å². The van der Waals surface area contributed by atoms with Gasteiger partial charge in [0.05, 0.1) is 24.3 Å². The Kier molecular flexibility index (Phi) is 4.19. The first-order valence-electron chi connectivity index (χ1n) is 4.39. The third-order valence-electron chi connectivity index (χ3n) is 2.07. The normalized spacial score (nSPS) is 10.2. The standard InChI is InChI=1S/C9H11BrN2O4/c1-5-6(4-15-2)11-9(16-3)8(7(5)10)12(13)14/h4H2,1-3H3. The number of hydrogen-bond acceptors (Lipinski definition) is 5. The van der Waals surface area contributed by atoms with Gasteiger partial charge in [-0.3, -0.25) is 10.1 Å². The molecule has 0 spiro atoms. The lowest BCUT2D eigenvalue weighted by Crippen LogP contribution is -2.04. The highest BCUT2D eigenvalue weighted by Crippen LogP contribution is 2.36. The molecular weight excluding hydrogens is 280 g/mol. The average molecular weight is 291 g/mol. The van der Waals surface area contributed by atoms with E-state index in [2.05, 4.69) is 20.9 Å². The van der Waals surface area contributed by atoms with Gasteiger partial charge in [-0.05, 0) is 28.4 Å². The van der Waals surface area contributed by atoms with Crippen LogP contribution >= 0.6 is 15.9 Å². The van der Waals surface area contributed by atoms with Crippen molar-refractivity contribution in [3.8, 4) is 5.88 Å². The van der Waals surface area contributed by atoms with E-state index in [1.807, 2.05) is 0 Å². The number of nitrogens with zero attached hydrogens (tertiary/aromatic N) is 2. The Morgan fingerprint density at radius 3 is 2.56 bits per heavy atom. The molecule has 0 saturated carbocycles. The van der Waals surface area contributed by atoms with Gasteiger partial charge in [-0.25, -0.2) is 4.98 Å². The largest absolute Gasteiger partial charge is 0.476 e. The number of rotatable bonds is 4. The summed E-state index contributed by atoms with van der Waals surface area (Å²) in [5.74, 6) is -0.0190. The van der Waals surface area contributed by atoms with Crippen LogP contribution in [0.1, 0.15) is 11.3 Å². The summed E-state index contributed by atoms with van der Waals surface area (Å²) in [5.41, 5.74) is 1.12. The number of halogens is 1. The van der Waals surface area contributed by atoms with Crippen molar-refractivity contribution in [2.75, 3.05) is 14.2 Å². The van der Waals surface area contributed by atoms with Gasteiger partial charge >= 0.3 is 5.69 Å². The lowest BCUT2D eigenvalue weighted by molar-refractivity contribution is -0.387. The maximum absolute atomic E-state index is 10.8.